The molecule has 2 fully saturated rings. The molecule has 9 nitrogen and oxygen atoms in total. The van der Waals surface area contributed by atoms with Gasteiger partial charge in [0.2, 0.25) is 5.91 Å². The summed E-state index contributed by atoms with van der Waals surface area (Å²) < 4.78 is 1.92. The first-order valence-corrected chi connectivity index (χ1v) is 14.0. The van der Waals surface area contributed by atoms with Gasteiger partial charge in [-0.3, -0.25) is 14.4 Å². The number of nitrogens with zero attached hydrogens (tertiary/aromatic N) is 5. The maximum absolute atomic E-state index is 13.1. The van der Waals surface area contributed by atoms with Gasteiger partial charge >= 0.3 is 0 Å². The van der Waals surface area contributed by atoms with E-state index in [9.17, 15) is 14.4 Å². The number of hydrogen-bond donors (Lipinski definition) is 1. The Balaban J connectivity index is 1.02. The Hall–Kier alpha value is -4.02. The topological polar surface area (TPSA) is 90.8 Å². The number of carbonyl (C=O) groups is 3. The van der Waals surface area contributed by atoms with Crippen LogP contribution in [0.3, 0.4) is 0 Å². The second-order valence-electron chi connectivity index (χ2n) is 10.2. The van der Waals surface area contributed by atoms with Crippen molar-refractivity contribution in [3.8, 4) is 0 Å². The lowest BCUT2D eigenvalue weighted by atomic mass is 10.0. The van der Waals surface area contributed by atoms with Gasteiger partial charge in [-0.25, -0.2) is 4.98 Å². The van der Waals surface area contributed by atoms with Crippen LogP contribution in [0.1, 0.15) is 26.6 Å². The third-order valence-electron chi connectivity index (χ3n) is 7.57. The van der Waals surface area contributed by atoms with Crippen molar-refractivity contribution in [1.82, 2.24) is 24.7 Å². The van der Waals surface area contributed by atoms with Crippen LogP contribution >= 0.6 is 11.3 Å². The highest BCUT2D eigenvalue weighted by molar-refractivity contribution is 7.11. The summed E-state index contributed by atoms with van der Waals surface area (Å²) in [6, 6.07) is 17.6. The molecule has 10 heteroatoms. The number of fused-ring (bicyclic) bond motifs is 1. The fraction of sp³-hybridized carbons (Fsp3) is 0.310. The molecule has 39 heavy (non-hydrogen) atoms. The van der Waals surface area contributed by atoms with E-state index in [2.05, 4.69) is 10.3 Å². The fourth-order valence-corrected chi connectivity index (χ4v) is 5.93. The van der Waals surface area contributed by atoms with Gasteiger partial charge in [-0.2, -0.15) is 0 Å². The van der Waals surface area contributed by atoms with Crippen LogP contribution in [-0.4, -0.2) is 82.4 Å². The number of nitrogens with one attached hydrogen (secondary N) is 1. The average molecular weight is 543 g/mol. The molecular formula is C29H30N6O3S. The third kappa shape index (κ3) is 5.17. The number of hydrogen-bond acceptors (Lipinski definition) is 6. The maximum Gasteiger partial charge on any atom is 0.282 e. The average Bonchev–Trinajstić information content (AvgIpc) is 3.71. The third-order valence-corrected chi connectivity index (χ3v) is 8.33. The Labute approximate surface area is 230 Å². The van der Waals surface area contributed by atoms with Gasteiger partial charge < -0.3 is 24.6 Å². The van der Waals surface area contributed by atoms with Gasteiger partial charge in [0, 0.05) is 85.2 Å². The summed E-state index contributed by atoms with van der Waals surface area (Å²) in [4.78, 5) is 48.0. The van der Waals surface area contributed by atoms with Crippen LogP contribution in [0, 0.1) is 0 Å². The lowest BCUT2D eigenvalue weighted by molar-refractivity contribution is -0.118. The van der Waals surface area contributed by atoms with E-state index in [1.165, 1.54) is 11.3 Å². The van der Waals surface area contributed by atoms with Crippen LogP contribution in [0.25, 0.3) is 10.9 Å². The summed E-state index contributed by atoms with van der Waals surface area (Å²) in [5, 5.41) is 6.90. The molecule has 0 unspecified atom stereocenters. The lowest BCUT2D eigenvalue weighted by Crippen LogP contribution is -2.62. The number of benzene rings is 2. The molecule has 2 saturated heterocycles. The van der Waals surface area contributed by atoms with Crippen LogP contribution < -0.4 is 10.2 Å². The van der Waals surface area contributed by atoms with Crippen molar-refractivity contribution in [2.24, 2.45) is 0 Å². The molecular weight excluding hydrogens is 512 g/mol. The summed E-state index contributed by atoms with van der Waals surface area (Å²) in [5.41, 5.74) is 2.42. The summed E-state index contributed by atoms with van der Waals surface area (Å²) in [5.74, 6) is -0.0120. The van der Waals surface area contributed by atoms with Crippen molar-refractivity contribution in [1.29, 1.82) is 0 Å². The molecule has 1 atom stereocenters. The van der Waals surface area contributed by atoms with Crippen molar-refractivity contribution in [3.05, 3.63) is 82.9 Å². The minimum absolute atomic E-state index is 0.00322. The number of thiazole rings is 1. The Bertz CT molecular complexity index is 1500. The zero-order valence-corrected chi connectivity index (χ0v) is 22.5. The molecule has 2 aromatic heterocycles. The SMILES string of the molecule is CN(C(=O)Cn1ccc2cc(C(=O)N3CC(N[C@H]4CCN(C(=O)c5nccs5)C4)C3)ccc21)c1ccccc1. The molecule has 4 heterocycles. The van der Waals surface area contributed by atoms with E-state index in [1.54, 1.807) is 18.1 Å². The molecule has 2 aliphatic rings. The zero-order valence-electron chi connectivity index (χ0n) is 21.7. The van der Waals surface area contributed by atoms with Crippen LogP contribution in [-0.2, 0) is 11.3 Å². The van der Waals surface area contributed by atoms with Gasteiger partial charge in [0.15, 0.2) is 5.01 Å². The number of anilines is 1. The predicted molar refractivity (Wildman–Crippen MR) is 151 cm³/mol. The Morgan fingerprint density at radius 2 is 1.79 bits per heavy atom. The van der Waals surface area contributed by atoms with E-state index in [0.717, 1.165) is 29.6 Å². The monoisotopic (exact) mass is 542 g/mol. The first kappa shape index (κ1) is 25.3. The lowest BCUT2D eigenvalue weighted by Gasteiger charge is -2.41. The summed E-state index contributed by atoms with van der Waals surface area (Å²) >= 11 is 1.37. The van der Waals surface area contributed by atoms with E-state index in [1.807, 2.05) is 80.5 Å². The van der Waals surface area contributed by atoms with Gasteiger partial charge in [0.25, 0.3) is 11.8 Å². The molecule has 6 rings (SSSR count). The second-order valence-corrected chi connectivity index (χ2v) is 11.0. The quantitative estimate of drug-likeness (QED) is 0.388. The molecule has 3 amide bonds. The highest BCUT2D eigenvalue weighted by Gasteiger charge is 2.35. The minimum atomic E-state index is -0.0177. The van der Waals surface area contributed by atoms with Gasteiger partial charge in [-0.1, -0.05) is 18.2 Å². The molecule has 2 aromatic carbocycles. The number of likely N-dealkylation sites (tertiary alicyclic amines) is 2. The van der Waals surface area contributed by atoms with E-state index in [4.69, 9.17) is 0 Å². The standard InChI is InChI=1S/C29H30N6O3S/c1-32(24-5-3-2-4-6-24)26(36)19-33-12-9-20-15-21(7-8-25(20)33)28(37)35-17-23(18-35)31-22-10-13-34(16-22)29(38)27-30-11-14-39-27/h2-9,11-12,14-15,22-23,31H,10,13,16-19H2,1H3/t22-/m0/s1. The predicted octanol–water partition coefficient (Wildman–Crippen LogP) is 3.09. The van der Waals surface area contributed by atoms with Crippen molar-refractivity contribution < 1.29 is 14.4 Å². The van der Waals surface area contributed by atoms with Gasteiger partial charge in [0.1, 0.15) is 6.54 Å². The molecule has 2 aliphatic heterocycles. The van der Waals surface area contributed by atoms with Crippen LogP contribution in [0.5, 0.6) is 0 Å². The van der Waals surface area contributed by atoms with Gasteiger partial charge in [0.05, 0.1) is 0 Å². The molecule has 200 valence electrons. The van der Waals surface area contributed by atoms with Crippen molar-refractivity contribution in [2.45, 2.75) is 25.0 Å². The smallest absolute Gasteiger partial charge is 0.282 e. The number of para-hydroxylation sites is 1. The molecule has 0 saturated carbocycles. The van der Waals surface area contributed by atoms with Gasteiger partial charge in [-0.05, 0) is 42.8 Å². The zero-order chi connectivity index (χ0) is 26.9. The van der Waals surface area contributed by atoms with E-state index >= 15 is 0 Å². The van der Waals surface area contributed by atoms with Crippen LogP contribution in [0.4, 0.5) is 5.69 Å². The normalized spacial score (nSPS) is 17.4. The van der Waals surface area contributed by atoms with E-state index in [0.29, 0.717) is 30.2 Å². The van der Waals surface area contributed by atoms with Crippen LogP contribution in [0.2, 0.25) is 0 Å². The fourth-order valence-electron chi connectivity index (χ4n) is 5.33. The molecule has 0 radical (unpaired) electrons. The number of aromatic nitrogens is 2. The Morgan fingerprint density at radius 1 is 1.00 bits per heavy atom. The molecule has 1 N–H and O–H groups in total. The molecule has 0 bridgehead atoms. The Kier molecular flexibility index (Phi) is 6.88. The first-order valence-electron chi connectivity index (χ1n) is 13.1. The summed E-state index contributed by atoms with van der Waals surface area (Å²) in [7, 11) is 1.78. The molecule has 0 aliphatic carbocycles. The van der Waals surface area contributed by atoms with Crippen molar-refractivity contribution in [2.75, 3.05) is 38.1 Å². The number of likely N-dealkylation sites (N-methyl/N-ethyl adjacent to an activating group) is 1. The molecule has 4 aromatic rings. The summed E-state index contributed by atoms with van der Waals surface area (Å²) in [6.07, 6.45) is 4.45. The van der Waals surface area contributed by atoms with Crippen LogP contribution in [0.15, 0.2) is 72.4 Å². The van der Waals surface area contributed by atoms with Crippen molar-refractivity contribution in [3.63, 3.8) is 0 Å². The number of amides is 3. The summed E-state index contributed by atoms with van der Waals surface area (Å²) in [6.45, 7) is 2.90. The molecule has 0 spiro atoms. The Morgan fingerprint density at radius 3 is 2.56 bits per heavy atom. The largest absolute Gasteiger partial charge is 0.338 e. The highest BCUT2D eigenvalue weighted by atomic mass is 32.1. The first-order chi connectivity index (χ1) is 19.0. The highest BCUT2D eigenvalue weighted by Crippen LogP contribution is 2.23. The van der Waals surface area contributed by atoms with Crippen molar-refractivity contribution >= 4 is 45.6 Å². The number of carbonyl (C=O) groups excluding carboxylic acids is 3. The minimum Gasteiger partial charge on any atom is -0.338 e. The van der Waals surface area contributed by atoms with Gasteiger partial charge in [-0.15, -0.1) is 11.3 Å². The second kappa shape index (κ2) is 10.6. The maximum atomic E-state index is 13.1. The number of rotatable bonds is 7. The van der Waals surface area contributed by atoms with E-state index in [-0.39, 0.29) is 36.3 Å². The van der Waals surface area contributed by atoms with E-state index < -0.39 is 0 Å².